The summed E-state index contributed by atoms with van der Waals surface area (Å²) in [6, 6.07) is 8.37. The molecule has 0 radical (unpaired) electrons. The summed E-state index contributed by atoms with van der Waals surface area (Å²) < 4.78 is 2.40. The normalized spacial score (nSPS) is 13.7. The standard InChI is InChI=1S/C24H25N2/c1-8-21-12-16(3)23(17(4)13-21)25-10-11-26(20(25)7)24-18(5)14-22(9-2)15-19(24)6/h1-2,12-15H,10-11H2,3-7H3/q+1. The van der Waals surface area contributed by atoms with Crippen molar-refractivity contribution in [2.45, 2.75) is 34.6 Å². The molecule has 2 heteroatoms. The van der Waals surface area contributed by atoms with Gasteiger partial charge in [0, 0.05) is 18.1 Å². The summed E-state index contributed by atoms with van der Waals surface area (Å²) in [5.41, 5.74) is 9.28. The molecule has 0 atom stereocenters. The Balaban J connectivity index is 2.11. The van der Waals surface area contributed by atoms with Gasteiger partial charge in [0.25, 0.3) is 5.84 Å². The zero-order valence-electron chi connectivity index (χ0n) is 16.3. The molecule has 0 saturated carbocycles. The molecule has 2 nitrogen and oxygen atoms in total. The van der Waals surface area contributed by atoms with E-state index < -0.39 is 0 Å². The van der Waals surface area contributed by atoms with Crippen LogP contribution >= 0.6 is 0 Å². The molecule has 2 aromatic rings. The highest BCUT2D eigenvalue weighted by molar-refractivity contribution is 5.96. The van der Waals surface area contributed by atoms with Gasteiger partial charge in [0.2, 0.25) is 0 Å². The summed E-state index contributed by atoms with van der Waals surface area (Å²) in [4.78, 5) is 2.40. The van der Waals surface area contributed by atoms with Crippen LogP contribution in [0.1, 0.15) is 40.3 Å². The Hall–Kier alpha value is -2.97. The minimum absolute atomic E-state index is 0.939. The van der Waals surface area contributed by atoms with Crippen molar-refractivity contribution in [3.63, 3.8) is 0 Å². The maximum atomic E-state index is 5.58. The van der Waals surface area contributed by atoms with Crippen LogP contribution in [0.3, 0.4) is 0 Å². The Morgan fingerprint density at radius 1 is 0.808 bits per heavy atom. The van der Waals surface area contributed by atoms with Crippen LogP contribution in [-0.4, -0.2) is 23.5 Å². The Labute approximate surface area is 157 Å². The lowest BCUT2D eigenvalue weighted by atomic mass is 10.0. The second-order valence-corrected chi connectivity index (χ2v) is 7.06. The van der Waals surface area contributed by atoms with Crippen LogP contribution in [0.2, 0.25) is 0 Å². The number of nitrogens with zero attached hydrogens (tertiary/aromatic N) is 2. The second-order valence-electron chi connectivity index (χ2n) is 7.06. The molecule has 1 aliphatic heterocycles. The molecule has 2 aromatic carbocycles. The zero-order valence-corrected chi connectivity index (χ0v) is 16.3. The van der Waals surface area contributed by atoms with Gasteiger partial charge in [0.1, 0.15) is 24.5 Å². The maximum absolute atomic E-state index is 5.58. The fourth-order valence-electron chi connectivity index (χ4n) is 4.15. The Kier molecular flexibility index (Phi) is 4.62. The third-order valence-electron chi connectivity index (χ3n) is 5.18. The van der Waals surface area contributed by atoms with E-state index in [0.29, 0.717) is 0 Å². The van der Waals surface area contributed by atoms with E-state index in [1.165, 1.54) is 39.5 Å². The molecular weight excluding hydrogens is 316 g/mol. The Morgan fingerprint density at radius 2 is 1.27 bits per heavy atom. The topological polar surface area (TPSA) is 6.25 Å². The maximum Gasteiger partial charge on any atom is 0.254 e. The first-order valence-electron chi connectivity index (χ1n) is 8.91. The van der Waals surface area contributed by atoms with Gasteiger partial charge in [-0.3, -0.25) is 0 Å². The Morgan fingerprint density at radius 3 is 1.73 bits per heavy atom. The first kappa shape index (κ1) is 17.8. The summed E-state index contributed by atoms with van der Waals surface area (Å²) in [6.45, 7) is 12.6. The summed E-state index contributed by atoms with van der Waals surface area (Å²) in [5.74, 6) is 6.73. The summed E-state index contributed by atoms with van der Waals surface area (Å²) in [5, 5.41) is 0. The number of amidine groups is 1. The quantitative estimate of drug-likeness (QED) is 0.577. The van der Waals surface area contributed by atoms with E-state index in [2.05, 4.69) is 80.2 Å². The molecule has 0 saturated heterocycles. The van der Waals surface area contributed by atoms with Crippen molar-refractivity contribution in [2.75, 3.05) is 18.0 Å². The average Bonchev–Trinajstić information content (AvgIpc) is 2.95. The van der Waals surface area contributed by atoms with E-state index in [4.69, 9.17) is 12.8 Å². The average molecular weight is 341 g/mol. The lowest BCUT2D eigenvalue weighted by Gasteiger charge is -2.17. The van der Waals surface area contributed by atoms with Crippen LogP contribution in [0.15, 0.2) is 24.3 Å². The van der Waals surface area contributed by atoms with Crippen LogP contribution < -0.4 is 4.90 Å². The molecule has 1 aliphatic rings. The van der Waals surface area contributed by atoms with Gasteiger partial charge in [0.15, 0.2) is 0 Å². The van der Waals surface area contributed by atoms with Crippen molar-refractivity contribution in [1.29, 1.82) is 0 Å². The first-order valence-corrected chi connectivity index (χ1v) is 8.91. The highest BCUT2D eigenvalue weighted by atomic mass is 15.3. The number of anilines is 1. The molecule has 0 fully saturated rings. The van der Waals surface area contributed by atoms with Crippen molar-refractivity contribution in [1.82, 2.24) is 0 Å². The molecule has 1 heterocycles. The van der Waals surface area contributed by atoms with E-state index in [0.717, 1.165) is 24.2 Å². The van der Waals surface area contributed by atoms with E-state index in [-0.39, 0.29) is 0 Å². The lowest BCUT2D eigenvalue weighted by Crippen LogP contribution is -2.27. The third-order valence-corrected chi connectivity index (χ3v) is 5.18. The van der Waals surface area contributed by atoms with Crippen LogP contribution in [0.4, 0.5) is 11.4 Å². The van der Waals surface area contributed by atoms with Crippen molar-refractivity contribution >= 4 is 17.2 Å². The van der Waals surface area contributed by atoms with Gasteiger partial charge in [-0.25, -0.2) is 9.48 Å². The van der Waals surface area contributed by atoms with Gasteiger partial charge in [-0.2, -0.15) is 0 Å². The molecule has 0 spiro atoms. The van der Waals surface area contributed by atoms with Crippen LogP contribution in [0.5, 0.6) is 0 Å². The monoisotopic (exact) mass is 341 g/mol. The molecule has 0 N–H and O–H groups in total. The van der Waals surface area contributed by atoms with Gasteiger partial charge >= 0.3 is 0 Å². The molecule has 0 bridgehead atoms. The summed E-state index contributed by atoms with van der Waals surface area (Å²) >= 11 is 0. The smallest absolute Gasteiger partial charge is 0.227 e. The third kappa shape index (κ3) is 2.89. The van der Waals surface area contributed by atoms with Gasteiger partial charge in [-0.05, 0) is 74.2 Å². The summed E-state index contributed by atoms with van der Waals surface area (Å²) in [6.07, 6.45) is 11.2. The van der Waals surface area contributed by atoms with E-state index in [1.54, 1.807) is 0 Å². The minimum Gasteiger partial charge on any atom is -0.227 e. The number of hydrogen-bond acceptors (Lipinski definition) is 1. The SMILES string of the molecule is C#Cc1cc(C)c(N2CC[N+](c3c(C)cc(C#C)cc3C)=C2C)c(C)c1. The largest absolute Gasteiger partial charge is 0.254 e. The fraction of sp³-hybridized carbons (Fsp3) is 0.292. The van der Waals surface area contributed by atoms with Crippen molar-refractivity contribution < 1.29 is 4.58 Å². The van der Waals surface area contributed by atoms with Crippen molar-refractivity contribution in [3.8, 4) is 24.7 Å². The zero-order chi connectivity index (χ0) is 19.0. The summed E-state index contributed by atoms with van der Waals surface area (Å²) in [7, 11) is 0. The van der Waals surface area contributed by atoms with Gasteiger partial charge < -0.3 is 0 Å². The Bertz CT molecular complexity index is 963. The lowest BCUT2D eigenvalue weighted by molar-refractivity contribution is -0.430. The fourth-order valence-corrected chi connectivity index (χ4v) is 4.15. The van der Waals surface area contributed by atoms with E-state index in [9.17, 15) is 0 Å². The van der Waals surface area contributed by atoms with Gasteiger partial charge in [-0.1, -0.05) is 11.8 Å². The second kappa shape index (κ2) is 6.74. The van der Waals surface area contributed by atoms with Crippen LogP contribution in [0.25, 0.3) is 0 Å². The highest BCUT2D eigenvalue weighted by Crippen LogP contribution is 2.32. The number of benzene rings is 2. The molecule has 26 heavy (non-hydrogen) atoms. The van der Waals surface area contributed by atoms with Gasteiger partial charge in [0.05, 0.1) is 0 Å². The number of rotatable bonds is 2. The predicted octanol–water partition coefficient (Wildman–Crippen LogP) is 4.47. The molecule has 130 valence electrons. The van der Waals surface area contributed by atoms with E-state index >= 15 is 0 Å². The molecule has 0 unspecified atom stereocenters. The highest BCUT2D eigenvalue weighted by Gasteiger charge is 2.33. The molecule has 0 aromatic heterocycles. The van der Waals surface area contributed by atoms with Crippen molar-refractivity contribution in [3.05, 3.63) is 57.6 Å². The number of terminal acetylenes is 2. The van der Waals surface area contributed by atoms with Crippen LogP contribution in [-0.2, 0) is 0 Å². The molecule has 0 amide bonds. The predicted molar refractivity (Wildman–Crippen MR) is 111 cm³/mol. The molecular formula is C24H25N2+. The van der Waals surface area contributed by atoms with Gasteiger partial charge in [-0.15, -0.1) is 12.8 Å². The van der Waals surface area contributed by atoms with Crippen molar-refractivity contribution in [2.24, 2.45) is 0 Å². The molecule has 0 aliphatic carbocycles. The van der Waals surface area contributed by atoms with E-state index in [1.807, 2.05) is 0 Å². The number of aryl methyl sites for hydroxylation is 4. The molecule has 3 rings (SSSR count). The minimum atomic E-state index is 0.939. The first-order chi connectivity index (χ1) is 12.4. The number of hydrogen-bond donors (Lipinski definition) is 0. The van der Waals surface area contributed by atoms with Crippen LogP contribution in [0, 0.1) is 52.4 Å².